The molecular weight excluding hydrogens is 340 g/mol. The van der Waals surface area contributed by atoms with Crippen LogP contribution in [0.1, 0.15) is 44.5 Å². The van der Waals surface area contributed by atoms with Gasteiger partial charge in [0.25, 0.3) is 0 Å². The molecule has 0 atom stereocenters. The van der Waals surface area contributed by atoms with Crippen LogP contribution in [0.3, 0.4) is 0 Å². The Labute approximate surface area is 170 Å². The van der Waals surface area contributed by atoms with Crippen LogP contribution in [0, 0.1) is 27.7 Å². The van der Waals surface area contributed by atoms with E-state index in [-0.39, 0.29) is 0 Å². The van der Waals surface area contributed by atoms with Crippen LogP contribution in [0.4, 0.5) is 0 Å². The third-order valence-corrected chi connectivity index (χ3v) is 5.32. The largest absolute Gasteiger partial charge is 0.309 e. The summed E-state index contributed by atoms with van der Waals surface area (Å²) in [6.07, 6.45) is 0. The van der Waals surface area contributed by atoms with Crippen LogP contribution < -0.4 is 10.6 Å². The zero-order valence-electron chi connectivity index (χ0n) is 17.6. The summed E-state index contributed by atoms with van der Waals surface area (Å²) in [5.41, 5.74) is 10.7. The summed E-state index contributed by atoms with van der Waals surface area (Å²) >= 11 is 0. The molecule has 0 aliphatic heterocycles. The molecule has 28 heavy (non-hydrogen) atoms. The molecule has 0 aromatic heterocycles. The van der Waals surface area contributed by atoms with Crippen molar-refractivity contribution in [1.82, 2.24) is 10.6 Å². The van der Waals surface area contributed by atoms with Crippen LogP contribution in [0.15, 0.2) is 60.7 Å². The predicted molar refractivity (Wildman–Crippen MR) is 119 cm³/mol. The molecule has 3 rings (SSSR count). The summed E-state index contributed by atoms with van der Waals surface area (Å²) < 4.78 is 0. The molecule has 0 fully saturated rings. The highest BCUT2D eigenvalue weighted by Gasteiger charge is 2.05. The first-order valence-corrected chi connectivity index (χ1v) is 10.1. The Bertz CT molecular complexity index is 816. The van der Waals surface area contributed by atoms with E-state index in [4.69, 9.17) is 0 Å². The standard InChI is InChI=1S/C26H32N2/c1-19-5-9-23(10-6-19)15-27-17-25-13-22(4)26(14-21(25)3)18-28-16-24-11-7-20(2)8-12-24/h5-14,27-28H,15-18H2,1-4H3. The highest BCUT2D eigenvalue weighted by molar-refractivity contribution is 5.37. The van der Waals surface area contributed by atoms with Gasteiger partial charge in [0.05, 0.1) is 0 Å². The SMILES string of the molecule is Cc1ccc(CNCc2cc(C)c(CNCc3ccc(C)cc3)cc2C)cc1. The van der Waals surface area contributed by atoms with E-state index in [1.54, 1.807) is 0 Å². The molecule has 0 saturated carbocycles. The van der Waals surface area contributed by atoms with Gasteiger partial charge in [0.2, 0.25) is 0 Å². The summed E-state index contributed by atoms with van der Waals surface area (Å²) in [5, 5.41) is 7.16. The smallest absolute Gasteiger partial charge is 0.0211 e. The van der Waals surface area contributed by atoms with E-state index in [1.165, 1.54) is 44.5 Å². The minimum absolute atomic E-state index is 0.900. The second-order valence-electron chi connectivity index (χ2n) is 7.88. The van der Waals surface area contributed by atoms with Crippen LogP contribution in [-0.2, 0) is 26.2 Å². The Morgan fingerprint density at radius 3 is 1.21 bits per heavy atom. The molecule has 0 aliphatic rings. The number of aryl methyl sites for hydroxylation is 4. The van der Waals surface area contributed by atoms with Gasteiger partial charge in [-0.25, -0.2) is 0 Å². The van der Waals surface area contributed by atoms with Gasteiger partial charge in [-0.05, 0) is 61.1 Å². The zero-order chi connectivity index (χ0) is 19.9. The van der Waals surface area contributed by atoms with E-state index in [0.29, 0.717) is 0 Å². The Morgan fingerprint density at radius 1 is 0.500 bits per heavy atom. The van der Waals surface area contributed by atoms with Crippen LogP contribution >= 0.6 is 0 Å². The number of rotatable bonds is 8. The summed E-state index contributed by atoms with van der Waals surface area (Å²) in [4.78, 5) is 0. The number of nitrogens with one attached hydrogen (secondary N) is 2. The monoisotopic (exact) mass is 372 g/mol. The Balaban J connectivity index is 1.52. The van der Waals surface area contributed by atoms with Gasteiger partial charge >= 0.3 is 0 Å². The minimum atomic E-state index is 0.900. The Hall–Kier alpha value is -2.42. The maximum Gasteiger partial charge on any atom is 0.0211 e. The van der Waals surface area contributed by atoms with Crippen molar-refractivity contribution in [3.05, 3.63) is 105 Å². The maximum atomic E-state index is 3.58. The molecule has 3 aromatic rings. The molecule has 0 radical (unpaired) electrons. The lowest BCUT2D eigenvalue weighted by molar-refractivity contribution is 0.680. The molecule has 0 aliphatic carbocycles. The number of hydrogen-bond acceptors (Lipinski definition) is 2. The predicted octanol–water partition coefficient (Wildman–Crippen LogP) is 5.50. The fourth-order valence-corrected chi connectivity index (χ4v) is 3.41. The van der Waals surface area contributed by atoms with E-state index in [9.17, 15) is 0 Å². The van der Waals surface area contributed by atoms with Gasteiger partial charge < -0.3 is 10.6 Å². The minimum Gasteiger partial charge on any atom is -0.309 e. The summed E-state index contributed by atoms with van der Waals surface area (Å²) in [6, 6.07) is 22.1. The zero-order valence-corrected chi connectivity index (χ0v) is 17.6. The molecule has 0 spiro atoms. The first-order chi connectivity index (χ1) is 13.5. The maximum absolute atomic E-state index is 3.58. The summed E-state index contributed by atoms with van der Waals surface area (Å²) in [7, 11) is 0. The number of hydrogen-bond donors (Lipinski definition) is 2. The first-order valence-electron chi connectivity index (χ1n) is 10.1. The molecule has 0 saturated heterocycles. The highest BCUT2D eigenvalue weighted by atomic mass is 14.9. The van der Waals surface area contributed by atoms with Crippen molar-refractivity contribution in [3.8, 4) is 0 Å². The van der Waals surface area contributed by atoms with Gasteiger partial charge in [-0.15, -0.1) is 0 Å². The average molecular weight is 373 g/mol. The van der Waals surface area contributed by atoms with Crippen molar-refractivity contribution in [2.45, 2.75) is 53.9 Å². The molecule has 146 valence electrons. The molecule has 0 heterocycles. The van der Waals surface area contributed by atoms with Gasteiger partial charge in [0.1, 0.15) is 0 Å². The van der Waals surface area contributed by atoms with Crippen molar-refractivity contribution < 1.29 is 0 Å². The lowest BCUT2D eigenvalue weighted by Crippen LogP contribution is -2.16. The van der Waals surface area contributed by atoms with Gasteiger partial charge in [-0.2, -0.15) is 0 Å². The Morgan fingerprint density at radius 2 is 0.857 bits per heavy atom. The van der Waals surface area contributed by atoms with Crippen molar-refractivity contribution in [3.63, 3.8) is 0 Å². The lowest BCUT2D eigenvalue weighted by Gasteiger charge is -2.14. The first kappa shape index (κ1) is 20.3. The van der Waals surface area contributed by atoms with E-state index in [1.807, 2.05) is 0 Å². The fourth-order valence-electron chi connectivity index (χ4n) is 3.41. The van der Waals surface area contributed by atoms with Crippen molar-refractivity contribution in [2.24, 2.45) is 0 Å². The molecule has 0 bridgehead atoms. The molecule has 2 heteroatoms. The molecule has 0 unspecified atom stereocenters. The van der Waals surface area contributed by atoms with Crippen molar-refractivity contribution in [1.29, 1.82) is 0 Å². The van der Waals surface area contributed by atoms with E-state index in [2.05, 4.69) is 99.0 Å². The summed E-state index contributed by atoms with van der Waals surface area (Å²) in [5.74, 6) is 0. The topological polar surface area (TPSA) is 24.1 Å². The fraction of sp³-hybridized carbons (Fsp3) is 0.308. The molecule has 0 amide bonds. The van der Waals surface area contributed by atoms with E-state index in [0.717, 1.165) is 26.2 Å². The number of benzene rings is 3. The third kappa shape index (κ3) is 5.79. The van der Waals surface area contributed by atoms with Gasteiger partial charge in [0.15, 0.2) is 0 Å². The van der Waals surface area contributed by atoms with Crippen LogP contribution in [0.5, 0.6) is 0 Å². The normalized spacial score (nSPS) is 11.0. The second-order valence-corrected chi connectivity index (χ2v) is 7.88. The molecular formula is C26H32N2. The quantitative estimate of drug-likeness (QED) is 0.545. The van der Waals surface area contributed by atoms with Crippen molar-refractivity contribution in [2.75, 3.05) is 0 Å². The van der Waals surface area contributed by atoms with Crippen LogP contribution in [-0.4, -0.2) is 0 Å². The molecule has 2 nitrogen and oxygen atoms in total. The van der Waals surface area contributed by atoms with Gasteiger partial charge in [-0.1, -0.05) is 71.8 Å². The highest BCUT2D eigenvalue weighted by Crippen LogP contribution is 2.17. The average Bonchev–Trinajstić information content (AvgIpc) is 2.68. The van der Waals surface area contributed by atoms with Crippen molar-refractivity contribution >= 4 is 0 Å². The van der Waals surface area contributed by atoms with Gasteiger partial charge in [-0.3, -0.25) is 0 Å². The van der Waals surface area contributed by atoms with E-state index >= 15 is 0 Å². The summed E-state index contributed by atoms with van der Waals surface area (Å²) in [6.45, 7) is 12.3. The van der Waals surface area contributed by atoms with Crippen LogP contribution in [0.2, 0.25) is 0 Å². The Kier molecular flexibility index (Phi) is 7.02. The third-order valence-electron chi connectivity index (χ3n) is 5.32. The lowest BCUT2D eigenvalue weighted by atomic mass is 9.99. The molecule has 3 aromatic carbocycles. The van der Waals surface area contributed by atoms with Crippen LogP contribution in [0.25, 0.3) is 0 Å². The van der Waals surface area contributed by atoms with E-state index < -0.39 is 0 Å². The molecule has 2 N–H and O–H groups in total. The second kappa shape index (κ2) is 9.68. The van der Waals surface area contributed by atoms with Gasteiger partial charge in [0, 0.05) is 26.2 Å².